The number of benzene rings is 2. The second-order valence-corrected chi connectivity index (χ2v) is 10.6. The van der Waals surface area contributed by atoms with Gasteiger partial charge in [-0.15, -0.1) is 0 Å². The van der Waals surface area contributed by atoms with Gasteiger partial charge in [0.1, 0.15) is 17.9 Å². The summed E-state index contributed by atoms with van der Waals surface area (Å²) in [6.45, 7) is 8.09. The Morgan fingerprint density at radius 1 is 1.07 bits per heavy atom. The molecule has 0 atom stereocenters. The molecule has 0 amide bonds. The molecular weight excluding hydrogens is 504 g/mol. The molecule has 0 bridgehead atoms. The van der Waals surface area contributed by atoms with Crippen molar-refractivity contribution in [2.75, 3.05) is 19.8 Å². The van der Waals surface area contributed by atoms with Gasteiger partial charge < -0.3 is 14.6 Å². The molecule has 2 aliphatic rings. The summed E-state index contributed by atoms with van der Waals surface area (Å²) in [6.07, 6.45) is 4.67. The first-order valence-corrected chi connectivity index (χ1v) is 13.9. The molecule has 2 aromatic carbocycles. The van der Waals surface area contributed by atoms with E-state index in [4.69, 9.17) is 14.5 Å². The van der Waals surface area contributed by atoms with Crippen molar-refractivity contribution in [2.24, 2.45) is 0 Å². The first kappa shape index (κ1) is 26.2. The Morgan fingerprint density at radius 3 is 2.70 bits per heavy atom. The minimum absolute atomic E-state index is 0.160. The molecule has 2 aromatic heterocycles. The van der Waals surface area contributed by atoms with Crippen molar-refractivity contribution in [1.29, 1.82) is 0 Å². The van der Waals surface area contributed by atoms with E-state index in [1.807, 2.05) is 43.3 Å². The van der Waals surface area contributed by atoms with Crippen LogP contribution in [0.15, 0.2) is 60.8 Å². The monoisotopic (exact) mass is 538 g/mol. The molecule has 8 heteroatoms. The maximum absolute atomic E-state index is 11.5. The number of hydrogen-bond acceptors (Lipinski definition) is 6. The standard InChI is InChI=1S/C32H34N4O4/c1-21-5-3-6-27(29-7-4-8-30(34-29)36-22(2)28(18-33-36)32(37)38)31(21)40-20-23-9-10-25-19-35(14-11-24(25)17-23)26-12-15-39-16-13-26/h3-10,17-18,26H,11-16,19-20H2,1-2H3,(H,37,38). The number of para-hydroxylation sites is 1. The molecule has 0 aliphatic carbocycles. The summed E-state index contributed by atoms with van der Waals surface area (Å²) in [7, 11) is 0. The van der Waals surface area contributed by atoms with Crippen LogP contribution in [0.25, 0.3) is 17.1 Å². The summed E-state index contributed by atoms with van der Waals surface area (Å²) in [4.78, 5) is 18.9. The largest absolute Gasteiger partial charge is 0.488 e. The third-order valence-electron chi connectivity index (χ3n) is 8.08. The SMILES string of the molecule is Cc1cccc(-c2cccc(-n3ncc(C(=O)O)c3C)n2)c1OCc1ccc2c(c1)CCN(C1CCOCC1)C2. The predicted molar refractivity (Wildman–Crippen MR) is 152 cm³/mol. The van der Waals surface area contributed by atoms with Crippen LogP contribution in [0.2, 0.25) is 0 Å². The maximum atomic E-state index is 11.5. The zero-order valence-electron chi connectivity index (χ0n) is 23.0. The number of fused-ring (bicyclic) bond motifs is 1. The number of hydrogen-bond donors (Lipinski definition) is 1. The summed E-state index contributed by atoms with van der Waals surface area (Å²) < 4.78 is 13.6. The Hall–Kier alpha value is -4.01. The number of nitrogens with zero attached hydrogens (tertiary/aromatic N) is 4. The van der Waals surface area contributed by atoms with E-state index in [0.29, 0.717) is 24.2 Å². The van der Waals surface area contributed by atoms with Crippen LogP contribution in [0.3, 0.4) is 0 Å². The number of aromatic nitrogens is 3. The van der Waals surface area contributed by atoms with E-state index in [-0.39, 0.29) is 5.56 Å². The highest BCUT2D eigenvalue weighted by atomic mass is 16.5. The molecule has 206 valence electrons. The average molecular weight is 539 g/mol. The molecule has 40 heavy (non-hydrogen) atoms. The third kappa shape index (κ3) is 5.24. The second kappa shape index (κ2) is 11.2. The van der Waals surface area contributed by atoms with Crippen LogP contribution in [-0.4, -0.2) is 56.5 Å². The van der Waals surface area contributed by atoms with Crippen molar-refractivity contribution < 1.29 is 19.4 Å². The third-order valence-corrected chi connectivity index (χ3v) is 8.08. The second-order valence-electron chi connectivity index (χ2n) is 10.6. The lowest BCUT2D eigenvalue weighted by Crippen LogP contribution is -2.42. The first-order valence-electron chi connectivity index (χ1n) is 13.9. The van der Waals surface area contributed by atoms with Gasteiger partial charge in [-0.05, 0) is 73.6 Å². The minimum Gasteiger partial charge on any atom is -0.488 e. The number of carboxylic acid groups (broad SMARTS) is 1. The highest BCUT2D eigenvalue weighted by molar-refractivity contribution is 5.88. The molecule has 4 aromatic rings. The topological polar surface area (TPSA) is 89.7 Å². The van der Waals surface area contributed by atoms with Crippen molar-refractivity contribution in [1.82, 2.24) is 19.7 Å². The number of carbonyl (C=O) groups is 1. The number of aromatic carboxylic acids is 1. The van der Waals surface area contributed by atoms with E-state index >= 15 is 0 Å². The van der Waals surface area contributed by atoms with Gasteiger partial charge >= 0.3 is 5.97 Å². The van der Waals surface area contributed by atoms with Gasteiger partial charge in [0.2, 0.25) is 0 Å². The lowest BCUT2D eigenvalue weighted by molar-refractivity contribution is 0.0290. The van der Waals surface area contributed by atoms with Crippen LogP contribution in [0.5, 0.6) is 5.75 Å². The summed E-state index contributed by atoms with van der Waals surface area (Å²) in [5.41, 5.74) is 7.32. The first-order chi connectivity index (χ1) is 19.5. The van der Waals surface area contributed by atoms with Gasteiger partial charge in [-0.1, -0.05) is 36.4 Å². The molecule has 1 saturated heterocycles. The van der Waals surface area contributed by atoms with E-state index < -0.39 is 5.97 Å². The summed E-state index contributed by atoms with van der Waals surface area (Å²) >= 11 is 0. The molecule has 0 unspecified atom stereocenters. The van der Waals surface area contributed by atoms with Gasteiger partial charge in [-0.2, -0.15) is 5.10 Å². The summed E-state index contributed by atoms with van der Waals surface area (Å²) in [6, 6.07) is 19.1. The molecule has 1 N–H and O–H groups in total. The normalized spacial score (nSPS) is 16.1. The molecule has 0 spiro atoms. The van der Waals surface area contributed by atoms with Crippen LogP contribution in [-0.2, 0) is 24.3 Å². The minimum atomic E-state index is -1.01. The lowest BCUT2D eigenvalue weighted by atomic mass is 9.95. The fourth-order valence-electron chi connectivity index (χ4n) is 5.82. The maximum Gasteiger partial charge on any atom is 0.339 e. The quantitative estimate of drug-likeness (QED) is 0.339. The number of carboxylic acids is 1. The average Bonchev–Trinajstić information content (AvgIpc) is 3.38. The van der Waals surface area contributed by atoms with Crippen molar-refractivity contribution in [3.63, 3.8) is 0 Å². The molecule has 0 radical (unpaired) electrons. The van der Waals surface area contributed by atoms with Crippen LogP contribution in [0, 0.1) is 13.8 Å². The summed E-state index contributed by atoms with van der Waals surface area (Å²) in [5, 5.41) is 13.7. The molecular formula is C32H34N4O4. The number of ether oxygens (including phenoxy) is 2. The van der Waals surface area contributed by atoms with E-state index in [1.165, 1.54) is 17.3 Å². The highest BCUT2D eigenvalue weighted by Gasteiger charge is 2.25. The molecule has 0 saturated carbocycles. The van der Waals surface area contributed by atoms with E-state index in [2.05, 4.69) is 28.2 Å². The van der Waals surface area contributed by atoms with Crippen molar-refractivity contribution in [3.8, 4) is 22.8 Å². The smallest absolute Gasteiger partial charge is 0.339 e. The van der Waals surface area contributed by atoms with E-state index in [1.54, 1.807) is 11.6 Å². The molecule has 1 fully saturated rings. The van der Waals surface area contributed by atoms with Crippen molar-refractivity contribution in [3.05, 3.63) is 94.3 Å². The van der Waals surface area contributed by atoms with Crippen molar-refractivity contribution in [2.45, 2.75) is 52.3 Å². The Kier molecular flexibility index (Phi) is 7.36. The molecule has 8 nitrogen and oxygen atoms in total. The zero-order valence-corrected chi connectivity index (χ0v) is 23.0. The van der Waals surface area contributed by atoms with Gasteiger partial charge in [0.05, 0.1) is 17.6 Å². The Bertz CT molecular complexity index is 1540. The molecule has 6 rings (SSSR count). The Balaban J connectivity index is 1.21. The van der Waals surface area contributed by atoms with Crippen LogP contribution >= 0.6 is 0 Å². The van der Waals surface area contributed by atoms with E-state index in [0.717, 1.165) is 73.7 Å². The van der Waals surface area contributed by atoms with Gasteiger partial charge in [-0.25, -0.2) is 14.5 Å². The summed E-state index contributed by atoms with van der Waals surface area (Å²) in [5.74, 6) is 0.339. The van der Waals surface area contributed by atoms with Gasteiger partial charge in [0.25, 0.3) is 0 Å². The van der Waals surface area contributed by atoms with Gasteiger partial charge in [-0.3, -0.25) is 4.90 Å². The predicted octanol–water partition coefficient (Wildman–Crippen LogP) is 5.37. The highest BCUT2D eigenvalue weighted by Crippen LogP contribution is 2.33. The fourth-order valence-corrected chi connectivity index (χ4v) is 5.82. The zero-order chi connectivity index (χ0) is 27.6. The Labute approximate surface area is 234 Å². The number of aryl methyl sites for hydroxylation is 1. The molecule has 2 aliphatic heterocycles. The van der Waals surface area contributed by atoms with Gasteiger partial charge in [0, 0.05) is 37.9 Å². The Morgan fingerprint density at radius 2 is 1.90 bits per heavy atom. The fraction of sp³-hybridized carbons (Fsp3) is 0.344. The number of pyridine rings is 1. The van der Waals surface area contributed by atoms with Crippen LogP contribution in [0.4, 0.5) is 0 Å². The lowest BCUT2D eigenvalue weighted by Gasteiger charge is -2.37. The van der Waals surface area contributed by atoms with Crippen molar-refractivity contribution >= 4 is 5.97 Å². The van der Waals surface area contributed by atoms with Crippen LogP contribution in [0.1, 0.15) is 51.1 Å². The van der Waals surface area contributed by atoms with Gasteiger partial charge in [0.15, 0.2) is 5.82 Å². The molecule has 4 heterocycles. The number of rotatable bonds is 7. The van der Waals surface area contributed by atoms with Crippen LogP contribution < -0.4 is 4.74 Å². The van der Waals surface area contributed by atoms with E-state index in [9.17, 15) is 9.90 Å².